The molecule has 0 aromatic heterocycles. The van der Waals surface area contributed by atoms with Crippen molar-refractivity contribution in [3.05, 3.63) is 119 Å². The Labute approximate surface area is 300 Å². The zero-order chi connectivity index (χ0) is 35.1. The number of benzene rings is 4. The van der Waals surface area contributed by atoms with Gasteiger partial charge in [-0.05, 0) is 76.5 Å². The average Bonchev–Trinajstić information content (AvgIpc) is 3.17. The van der Waals surface area contributed by atoms with Crippen LogP contribution in [-0.4, -0.2) is 70.7 Å². The largest absolute Gasteiger partial charge is 0.497 e. The lowest BCUT2D eigenvalue weighted by atomic mass is 9.98. The normalized spacial score (nSPS) is 20.3. The monoisotopic (exact) mass is 704 g/mol. The smallest absolute Gasteiger partial charge is 0.132 e. The Morgan fingerprint density at radius 2 is 0.840 bits per heavy atom. The summed E-state index contributed by atoms with van der Waals surface area (Å²) in [7, 11) is 6.63. The van der Waals surface area contributed by atoms with Crippen molar-refractivity contribution in [2.75, 3.05) is 40.8 Å². The molecule has 1 saturated heterocycles. The number of hydrogen-bond donors (Lipinski definition) is 0. The summed E-state index contributed by atoms with van der Waals surface area (Å²) >= 11 is 1.69. The van der Waals surface area contributed by atoms with Crippen molar-refractivity contribution in [2.24, 2.45) is 0 Å². The van der Waals surface area contributed by atoms with Crippen LogP contribution < -0.4 is 18.9 Å². The average molecular weight is 705 g/mol. The molecule has 268 valence electrons. The second kappa shape index (κ2) is 19.6. The molecule has 0 bridgehead atoms. The summed E-state index contributed by atoms with van der Waals surface area (Å²) in [4.78, 5) is 0. The molecule has 5 unspecified atom stereocenters. The van der Waals surface area contributed by atoms with Crippen LogP contribution in [0.5, 0.6) is 23.0 Å². The zero-order valence-corrected chi connectivity index (χ0v) is 30.3. The van der Waals surface area contributed by atoms with Gasteiger partial charge in [-0.3, -0.25) is 0 Å². The third-order valence-electron chi connectivity index (χ3n) is 8.44. The van der Waals surface area contributed by atoms with Crippen LogP contribution in [0.1, 0.15) is 29.2 Å². The van der Waals surface area contributed by atoms with Gasteiger partial charge >= 0.3 is 0 Å². The first kappa shape index (κ1) is 37.5. The van der Waals surface area contributed by atoms with Crippen LogP contribution in [0.4, 0.5) is 0 Å². The van der Waals surface area contributed by atoms with E-state index in [0.29, 0.717) is 33.0 Å². The molecule has 5 atom stereocenters. The molecular weight excluding hydrogens is 656 g/mol. The number of rotatable bonds is 19. The van der Waals surface area contributed by atoms with E-state index < -0.39 is 24.4 Å². The minimum absolute atomic E-state index is 0.299. The molecule has 4 aromatic rings. The van der Waals surface area contributed by atoms with Crippen LogP contribution in [0.3, 0.4) is 0 Å². The number of methoxy groups -OCH3 is 4. The van der Waals surface area contributed by atoms with Gasteiger partial charge in [-0.25, -0.2) is 0 Å². The second-order valence-electron chi connectivity index (χ2n) is 11.7. The van der Waals surface area contributed by atoms with Crippen molar-refractivity contribution < 1.29 is 42.6 Å². The fourth-order valence-electron chi connectivity index (χ4n) is 5.64. The molecule has 1 aliphatic heterocycles. The predicted molar refractivity (Wildman–Crippen MR) is 194 cm³/mol. The molecule has 1 heterocycles. The van der Waals surface area contributed by atoms with Gasteiger partial charge in [0.05, 0.1) is 61.5 Å². The lowest BCUT2D eigenvalue weighted by molar-refractivity contribution is -0.254. The Bertz CT molecular complexity index is 1530. The van der Waals surface area contributed by atoms with Crippen LogP contribution in [0.2, 0.25) is 0 Å². The van der Waals surface area contributed by atoms with Crippen molar-refractivity contribution in [3.8, 4) is 23.0 Å². The fraction of sp³-hybridized carbons (Fsp3) is 0.400. The predicted octanol–water partition coefficient (Wildman–Crippen LogP) is 7.47. The maximum absolute atomic E-state index is 6.82. The Morgan fingerprint density at radius 1 is 0.480 bits per heavy atom. The van der Waals surface area contributed by atoms with Crippen LogP contribution in [-0.2, 0) is 50.1 Å². The lowest BCUT2D eigenvalue weighted by Gasteiger charge is -2.46. The lowest BCUT2D eigenvalue weighted by Crippen LogP contribution is -2.60. The van der Waals surface area contributed by atoms with Gasteiger partial charge in [0.25, 0.3) is 0 Å². The topological polar surface area (TPSA) is 83.1 Å². The molecule has 1 fully saturated rings. The SMILES string of the molecule is CCSC1OC(COCc2ccc(OC)cc2)C(OCc2ccc(OC)cc2)C(OCc2ccc(OC)cc2)C1OCc1ccc(OC)cc1. The molecule has 0 radical (unpaired) electrons. The summed E-state index contributed by atoms with van der Waals surface area (Å²) in [6, 6.07) is 31.5. The number of ether oxygens (including phenoxy) is 9. The minimum atomic E-state index is -0.513. The van der Waals surface area contributed by atoms with Gasteiger partial charge in [0, 0.05) is 0 Å². The second-order valence-corrected chi connectivity index (χ2v) is 13.1. The first-order chi connectivity index (χ1) is 24.5. The van der Waals surface area contributed by atoms with Crippen LogP contribution in [0.15, 0.2) is 97.1 Å². The minimum Gasteiger partial charge on any atom is -0.497 e. The molecule has 0 aliphatic carbocycles. The van der Waals surface area contributed by atoms with Crippen LogP contribution in [0.25, 0.3) is 0 Å². The highest BCUT2D eigenvalue weighted by Gasteiger charge is 2.48. The quantitative estimate of drug-likeness (QED) is 0.0981. The summed E-state index contributed by atoms with van der Waals surface area (Å²) in [6.07, 6.45) is -1.88. The standard InChI is InChI=1S/C40H48O9S/c1-6-50-40-39(48-26-31-13-21-35(44-5)22-14-31)38(47-25-30-11-19-34(43-4)20-12-30)37(46-24-29-9-17-33(42-3)18-10-29)36(49-40)27-45-23-28-7-15-32(41-2)16-8-28/h7-22,36-40H,6,23-27H2,1-5H3. The molecule has 4 aromatic carbocycles. The van der Waals surface area contributed by atoms with Crippen molar-refractivity contribution in [1.82, 2.24) is 0 Å². The van der Waals surface area contributed by atoms with Gasteiger partial charge in [-0.15, -0.1) is 11.8 Å². The summed E-state index contributed by atoms with van der Waals surface area (Å²) in [6.45, 7) is 3.88. The number of thioether (sulfide) groups is 1. The molecule has 0 amide bonds. The molecule has 9 nitrogen and oxygen atoms in total. The van der Waals surface area contributed by atoms with Crippen LogP contribution >= 0.6 is 11.8 Å². The first-order valence-corrected chi connectivity index (χ1v) is 17.8. The Balaban J connectivity index is 1.41. The highest BCUT2D eigenvalue weighted by Crippen LogP contribution is 2.36. The molecule has 50 heavy (non-hydrogen) atoms. The third kappa shape index (κ3) is 10.6. The highest BCUT2D eigenvalue weighted by molar-refractivity contribution is 7.99. The fourth-order valence-corrected chi connectivity index (χ4v) is 6.61. The van der Waals surface area contributed by atoms with Gasteiger partial charge in [0.2, 0.25) is 0 Å². The summed E-state index contributed by atoms with van der Waals surface area (Å²) in [5, 5.41) is 0. The van der Waals surface area contributed by atoms with Gasteiger partial charge in [0.1, 0.15) is 52.8 Å². The van der Waals surface area contributed by atoms with E-state index in [2.05, 4.69) is 6.92 Å². The molecule has 5 rings (SSSR count). The summed E-state index contributed by atoms with van der Waals surface area (Å²) in [5.74, 6) is 3.99. The van der Waals surface area contributed by atoms with Crippen molar-refractivity contribution in [3.63, 3.8) is 0 Å². The van der Waals surface area contributed by atoms with E-state index in [1.54, 1.807) is 40.2 Å². The molecule has 10 heteroatoms. The van der Waals surface area contributed by atoms with E-state index in [1.165, 1.54) is 0 Å². The van der Waals surface area contributed by atoms with E-state index in [1.807, 2.05) is 97.1 Å². The van der Waals surface area contributed by atoms with Gasteiger partial charge in [0.15, 0.2) is 0 Å². The van der Waals surface area contributed by atoms with Crippen LogP contribution in [0, 0.1) is 0 Å². The first-order valence-electron chi connectivity index (χ1n) is 16.7. The Kier molecular flexibility index (Phi) is 14.7. The van der Waals surface area contributed by atoms with E-state index >= 15 is 0 Å². The zero-order valence-electron chi connectivity index (χ0n) is 29.4. The highest BCUT2D eigenvalue weighted by atomic mass is 32.2. The third-order valence-corrected chi connectivity index (χ3v) is 9.48. The Morgan fingerprint density at radius 3 is 1.22 bits per heavy atom. The molecule has 0 N–H and O–H groups in total. The van der Waals surface area contributed by atoms with Crippen molar-refractivity contribution >= 4 is 11.8 Å². The van der Waals surface area contributed by atoms with E-state index in [-0.39, 0.29) is 5.44 Å². The summed E-state index contributed by atoms with van der Waals surface area (Å²) < 4.78 is 54.8. The molecule has 0 saturated carbocycles. The van der Waals surface area contributed by atoms with E-state index in [4.69, 9.17) is 42.6 Å². The van der Waals surface area contributed by atoms with Gasteiger partial charge < -0.3 is 42.6 Å². The molecule has 1 aliphatic rings. The van der Waals surface area contributed by atoms with E-state index in [9.17, 15) is 0 Å². The maximum Gasteiger partial charge on any atom is 0.132 e. The van der Waals surface area contributed by atoms with Crippen molar-refractivity contribution in [1.29, 1.82) is 0 Å². The molecule has 0 spiro atoms. The van der Waals surface area contributed by atoms with Gasteiger partial charge in [-0.1, -0.05) is 55.5 Å². The molecular formula is C40H48O9S. The van der Waals surface area contributed by atoms with E-state index in [0.717, 1.165) is 51.0 Å². The summed E-state index contributed by atoms with van der Waals surface area (Å²) in [5.41, 5.74) is 3.73. The Hall–Kier alpha value is -3.77. The van der Waals surface area contributed by atoms with Gasteiger partial charge in [-0.2, -0.15) is 0 Å². The maximum atomic E-state index is 6.82. The van der Waals surface area contributed by atoms with Crippen molar-refractivity contribution in [2.45, 2.75) is 63.2 Å². The number of hydrogen-bond acceptors (Lipinski definition) is 10.